The normalized spacial score (nSPS) is 19.1. The lowest BCUT2D eigenvalue weighted by molar-refractivity contribution is 0.0179. The van der Waals surface area contributed by atoms with Gasteiger partial charge in [0.15, 0.2) is 5.96 Å². The molecule has 2 aromatic rings. The second-order valence-corrected chi connectivity index (χ2v) is 8.08. The summed E-state index contributed by atoms with van der Waals surface area (Å²) in [7, 11) is 0. The standard InChI is InChI=1S/C24H33FN6O/c1-2-26-24(31-12-10-30(11-13-31)23-8-3-4-9-27-23)28-19-22(29-14-16-32-17-15-29)20-6-5-7-21(25)18-20/h3-9,18,22H,2,10-17,19H2,1H3,(H,26,28). The van der Waals surface area contributed by atoms with Crippen LogP contribution in [0, 0.1) is 5.82 Å². The van der Waals surface area contributed by atoms with Crippen molar-refractivity contribution in [1.82, 2.24) is 20.1 Å². The zero-order valence-electron chi connectivity index (χ0n) is 18.8. The molecule has 32 heavy (non-hydrogen) atoms. The fraction of sp³-hybridized carbons (Fsp3) is 0.500. The van der Waals surface area contributed by atoms with Crippen LogP contribution in [-0.2, 0) is 4.74 Å². The molecule has 7 nitrogen and oxygen atoms in total. The summed E-state index contributed by atoms with van der Waals surface area (Å²) in [6.45, 7) is 10.1. The predicted molar refractivity (Wildman–Crippen MR) is 126 cm³/mol. The highest BCUT2D eigenvalue weighted by Crippen LogP contribution is 2.23. The summed E-state index contributed by atoms with van der Waals surface area (Å²) >= 11 is 0. The number of pyridine rings is 1. The molecule has 2 saturated heterocycles. The molecule has 2 aliphatic heterocycles. The number of hydrogen-bond donors (Lipinski definition) is 1. The number of ether oxygens (including phenoxy) is 1. The van der Waals surface area contributed by atoms with Gasteiger partial charge < -0.3 is 19.9 Å². The Morgan fingerprint density at radius 1 is 1.09 bits per heavy atom. The highest BCUT2D eigenvalue weighted by molar-refractivity contribution is 5.80. The maximum absolute atomic E-state index is 14.0. The van der Waals surface area contributed by atoms with Crippen molar-refractivity contribution in [2.45, 2.75) is 13.0 Å². The van der Waals surface area contributed by atoms with E-state index in [2.05, 4.69) is 38.0 Å². The van der Waals surface area contributed by atoms with E-state index in [0.29, 0.717) is 19.8 Å². The zero-order valence-corrected chi connectivity index (χ0v) is 18.8. The van der Waals surface area contributed by atoms with Crippen LogP contribution in [0.1, 0.15) is 18.5 Å². The number of aromatic nitrogens is 1. The fourth-order valence-corrected chi connectivity index (χ4v) is 4.32. The lowest BCUT2D eigenvalue weighted by Crippen LogP contribution is -2.53. The fourth-order valence-electron chi connectivity index (χ4n) is 4.32. The van der Waals surface area contributed by atoms with Gasteiger partial charge in [-0.3, -0.25) is 9.89 Å². The lowest BCUT2D eigenvalue weighted by atomic mass is 10.0. The molecule has 1 aromatic heterocycles. The Kier molecular flexibility index (Phi) is 7.90. The molecule has 172 valence electrons. The molecule has 1 aromatic carbocycles. The second-order valence-electron chi connectivity index (χ2n) is 8.08. The maximum Gasteiger partial charge on any atom is 0.194 e. The van der Waals surface area contributed by atoms with Crippen LogP contribution in [-0.4, -0.2) is 86.3 Å². The van der Waals surface area contributed by atoms with Crippen molar-refractivity contribution in [3.8, 4) is 0 Å². The number of rotatable bonds is 6. The first-order chi connectivity index (χ1) is 15.7. The van der Waals surface area contributed by atoms with Gasteiger partial charge in [-0.05, 0) is 36.8 Å². The number of morpholine rings is 1. The third-order valence-corrected chi connectivity index (χ3v) is 6.02. The first-order valence-corrected chi connectivity index (χ1v) is 11.5. The SMILES string of the molecule is CCNC(=NCC(c1cccc(F)c1)N1CCOCC1)N1CCN(c2ccccn2)CC1. The molecule has 1 N–H and O–H groups in total. The molecular formula is C24H33FN6O. The van der Waals surface area contributed by atoms with Crippen molar-refractivity contribution in [3.05, 3.63) is 60.0 Å². The first-order valence-electron chi connectivity index (χ1n) is 11.5. The molecule has 4 rings (SSSR count). The van der Waals surface area contributed by atoms with E-state index in [9.17, 15) is 4.39 Å². The average Bonchev–Trinajstić information content (AvgIpc) is 2.85. The van der Waals surface area contributed by atoms with E-state index in [1.54, 1.807) is 12.1 Å². The summed E-state index contributed by atoms with van der Waals surface area (Å²) in [6.07, 6.45) is 1.84. The minimum Gasteiger partial charge on any atom is -0.379 e. The molecule has 0 spiro atoms. The molecule has 2 fully saturated rings. The Bertz CT molecular complexity index is 866. The van der Waals surface area contributed by atoms with Crippen LogP contribution in [0.2, 0.25) is 0 Å². The number of piperazine rings is 1. The molecule has 1 unspecified atom stereocenters. The molecule has 1 atom stereocenters. The summed E-state index contributed by atoms with van der Waals surface area (Å²) in [5.41, 5.74) is 0.964. The van der Waals surface area contributed by atoms with Crippen LogP contribution in [0.3, 0.4) is 0 Å². The van der Waals surface area contributed by atoms with E-state index >= 15 is 0 Å². The number of halogens is 1. The third kappa shape index (κ3) is 5.75. The summed E-state index contributed by atoms with van der Waals surface area (Å²) in [4.78, 5) is 16.5. The van der Waals surface area contributed by atoms with Gasteiger partial charge in [0.1, 0.15) is 11.6 Å². The Balaban J connectivity index is 1.46. The van der Waals surface area contributed by atoms with Gasteiger partial charge in [-0.25, -0.2) is 9.37 Å². The van der Waals surface area contributed by atoms with E-state index in [1.807, 2.05) is 24.4 Å². The summed E-state index contributed by atoms with van der Waals surface area (Å²) < 4.78 is 19.5. The van der Waals surface area contributed by atoms with E-state index in [4.69, 9.17) is 9.73 Å². The number of benzene rings is 1. The quantitative estimate of drug-likeness (QED) is 0.550. The highest BCUT2D eigenvalue weighted by atomic mass is 19.1. The van der Waals surface area contributed by atoms with Gasteiger partial charge in [-0.1, -0.05) is 18.2 Å². The lowest BCUT2D eigenvalue weighted by Gasteiger charge is -2.38. The Labute approximate surface area is 189 Å². The van der Waals surface area contributed by atoms with Crippen LogP contribution in [0.5, 0.6) is 0 Å². The molecule has 0 saturated carbocycles. The molecule has 3 heterocycles. The zero-order chi connectivity index (χ0) is 22.2. The molecule has 0 bridgehead atoms. The van der Waals surface area contributed by atoms with Crippen LogP contribution >= 0.6 is 0 Å². The Morgan fingerprint density at radius 2 is 1.91 bits per heavy atom. The van der Waals surface area contributed by atoms with Crippen molar-refractivity contribution in [2.24, 2.45) is 4.99 Å². The number of anilines is 1. The molecule has 2 aliphatic rings. The first kappa shape index (κ1) is 22.5. The molecular weight excluding hydrogens is 407 g/mol. The van der Waals surface area contributed by atoms with E-state index in [-0.39, 0.29) is 11.9 Å². The van der Waals surface area contributed by atoms with Crippen molar-refractivity contribution >= 4 is 11.8 Å². The van der Waals surface area contributed by atoms with Gasteiger partial charge in [0.05, 0.1) is 25.8 Å². The minimum atomic E-state index is -0.206. The number of hydrogen-bond acceptors (Lipinski definition) is 5. The summed E-state index contributed by atoms with van der Waals surface area (Å²) in [6, 6.07) is 13.0. The van der Waals surface area contributed by atoms with Crippen molar-refractivity contribution in [1.29, 1.82) is 0 Å². The molecule has 8 heteroatoms. The van der Waals surface area contributed by atoms with Gasteiger partial charge in [-0.15, -0.1) is 0 Å². The Morgan fingerprint density at radius 3 is 2.59 bits per heavy atom. The molecule has 0 radical (unpaired) electrons. The second kappa shape index (κ2) is 11.2. The van der Waals surface area contributed by atoms with Crippen LogP contribution < -0.4 is 10.2 Å². The van der Waals surface area contributed by atoms with E-state index in [1.165, 1.54) is 6.07 Å². The largest absolute Gasteiger partial charge is 0.379 e. The summed E-state index contributed by atoms with van der Waals surface area (Å²) in [5, 5.41) is 3.45. The van der Waals surface area contributed by atoms with Gasteiger partial charge in [-0.2, -0.15) is 0 Å². The van der Waals surface area contributed by atoms with Gasteiger partial charge in [0.2, 0.25) is 0 Å². The van der Waals surface area contributed by atoms with Crippen LogP contribution in [0.4, 0.5) is 10.2 Å². The highest BCUT2D eigenvalue weighted by Gasteiger charge is 2.25. The predicted octanol–water partition coefficient (Wildman–Crippen LogP) is 2.38. The third-order valence-electron chi connectivity index (χ3n) is 6.02. The topological polar surface area (TPSA) is 56.2 Å². The van der Waals surface area contributed by atoms with Gasteiger partial charge in [0, 0.05) is 52.0 Å². The maximum atomic E-state index is 14.0. The number of nitrogens with one attached hydrogen (secondary N) is 1. The number of guanidine groups is 1. The smallest absolute Gasteiger partial charge is 0.194 e. The summed E-state index contributed by atoms with van der Waals surface area (Å²) in [5.74, 6) is 1.73. The van der Waals surface area contributed by atoms with Gasteiger partial charge in [0.25, 0.3) is 0 Å². The minimum absolute atomic E-state index is 0.0260. The molecule has 0 amide bonds. The number of aliphatic imine (C=N–C) groups is 1. The van der Waals surface area contributed by atoms with Crippen molar-refractivity contribution in [3.63, 3.8) is 0 Å². The molecule has 0 aliphatic carbocycles. The van der Waals surface area contributed by atoms with Crippen molar-refractivity contribution in [2.75, 3.05) is 70.5 Å². The van der Waals surface area contributed by atoms with Crippen LogP contribution in [0.15, 0.2) is 53.7 Å². The average molecular weight is 441 g/mol. The Hall–Kier alpha value is -2.71. The van der Waals surface area contributed by atoms with E-state index < -0.39 is 0 Å². The van der Waals surface area contributed by atoms with E-state index in [0.717, 1.165) is 63.2 Å². The monoisotopic (exact) mass is 440 g/mol. The number of nitrogens with zero attached hydrogens (tertiary/aromatic N) is 5. The van der Waals surface area contributed by atoms with Crippen LogP contribution in [0.25, 0.3) is 0 Å². The van der Waals surface area contributed by atoms with Gasteiger partial charge >= 0.3 is 0 Å². The van der Waals surface area contributed by atoms with Crippen molar-refractivity contribution < 1.29 is 9.13 Å².